The summed E-state index contributed by atoms with van der Waals surface area (Å²) in [6, 6.07) is 14.8. The Balaban J connectivity index is 2.07. The first kappa shape index (κ1) is 17.7. The predicted molar refractivity (Wildman–Crippen MR) is 102 cm³/mol. The monoisotopic (exact) mass is 373 g/mol. The zero-order valence-corrected chi connectivity index (χ0v) is 15.1. The van der Waals surface area contributed by atoms with Gasteiger partial charge in [0.1, 0.15) is 12.3 Å². The van der Waals surface area contributed by atoms with Gasteiger partial charge in [0.2, 0.25) is 5.88 Å². The van der Waals surface area contributed by atoms with Crippen molar-refractivity contribution in [2.75, 3.05) is 6.61 Å². The van der Waals surface area contributed by atoms with Gasteiger partial charge in [0.25, 0.3) is 0 Å². The van der Waals surface area contributed by atoms with E-state index in [0.29, 0.717) is 28.2 Å². The molecule has 0 amide bonds. The van der Waals surface area contributed by atoms with E-state index in [1.165, 1.54) is 0 Å². The summed E-state index contributed by atoms with van der Waals surface area (Å²) in [7, 11) is 0. The van der Waals surface area contributed by atoms with Crippen molar-refractivity contribution in [3.63, 3.8) is 0 Å². The molecule has 1 heterocycles. The van der Waals surface area contributed by atoms with Crippen molar-refractivity contribution in [3.05, 3.63) is 64.8 Å². The number of benzene rings is 2. The Morgan fingerprint density at radius 3 is 1.96 bits per heavy atom. The van der Waals surface area contributed by atoms with E-state index < -0.39 is 0 Å². The summed E-state index contributed by atoms with van der Waals surface area (Å²) in [5.41, 5.74) is 9.01. The van der Waals surface area contributed by atoms with Crippen molar-refractivity contribution in [1.29, 1.82) is 0 Å². The van der Waals surface area contributed by atoms with Crippen LogP contribution in [-0.2, 0) is 0 Å². The highest BCUT2D eigenvalue weighted by atomic mass is 35.5. The third-order valence-electron chi connectivity index (χ3n) is 3.48. The fourth-order valence-corrected chi connectivity index (χ4v) is 2.54. The maximum absolute atomic E-state index is 6.00. The highest BCUT2D eigenvalue weighted by Gasteiger charge is 2.13. The Hall–Kier alpha value is -2.14. The van der Waals surface area contributed by atoms with Gasteiger partial charge >= 0.3 is 0 Å². The van der Waals surface area contributed by atoms with Crippen LogP contribution in [0.25, 0.3) is 22.5 Å². The average molecular weight is 374 g/mol. The summed E-state index contributed by atoms with van der Waals surface area (Å²) < 4.78 is 5.62. The molecule has 25 heavy (non-hydrogen) atoms. The van der Waals surface area contributed by atoms with Gasteiger partial charge in [-0.15, -0.1) is 0 Å². The van der Waals surface area contributed by atoms with Gasteiger partial charge in [-0.3, -0.25) is 0 Å². The van der Waals surface area contributed by atoms with Crippen LogP contribution < -0.4 is 10.5 Å². The van der Waals surface area contributed by atoms with Gasteiger partial charge in [-0.05, 0) is 31.2 Å². The van der Waals surface area contributed by atoms with Gasteiger partial charge < -0.3 is 10.5 Å². The highest BCUT2D eigenvalue weighted by molar-refractivity contribution is 6.31. The zero-order chi connectivity index (χ0) is 17.8. The Morgan fingerprint density at radius 2 is 1.44 bits per heavy atom. The molecule has 0 spiro atoms. The molecule has 0 aliphatic rings. The lowest BCUT2D eigenvalue weighted by atomic mass is 10.0. The Morgan fingerprint density at radius 1 is 0.920 bits per heavy atom. The number of hydrogen-bond donors (Lipinski definition) is 1. The maximum Gasteiger partial charge on any atom is 0.232 e. The molecule has 6 heteroatoms. The summed E-state index contributed by atoms with van der Waals surface area (Å²) in [6.45, 7) is 2.24. The number of hydrogen-bond acceptors (Lipinski definition) is 4. The van der Waals surface area contributed by atoms with Gasteiger partial charge in [-0.1, -0.05) is 47.5 Å². The van der Waals surface area contributed by atoms with Crippen LogP contribution in [0.2, 0.25) is 10.0 Å². The summed E-state index contributed by atoms with van der Waals surface area (Å²) in [5.74, 6) is 0.431. The molecule has 3 rings (SSSR count). The number of halogens is 2. The van der Waals surface area contributed by atoms with Crippen molar-refractivity contribution >= 4 is 23.2 Å². The molecule has 2 aromatic carbocycles. The van der Waals surface area contributed by atoms with Crippen LogP contribution in [0, 0.1) is 0 Å². The molecule has 0 saturated heterocycles. The Kier molecular flexibility index (Phi) is 5.53. The Labute approximate surface area is 156 Å². The van der Waals surface area contributed by atoms with E-state index in [2.05, 4.69) is 9.97 Å². The molecule has 1 unspecified atom stereocenters. The lowest BCUT2D eigenvalue weighted by Gasteiger charge is -2.12. The molecule has 3 aromatic rings. The van der Waals surface area contributed by atoms with Crippen LogP contribution in [0.5, 0.6) is 5.88 Å². The number of aromatic nitrogens is 2. The number of nitrogens with two attached hydrogens (primary N) is 1. The van der Waals surface area contributed by atoms with Gasteiger partial charge in [-0.25, -0.2) is 9.97 Å². The minimum atomic E-state index is -0.0864. The fourth-order valence-electron chi connectivity index (χ4n) is 2.29. The molecular weight excluding hydrogens is 357 g/mol. The fraction of sp³-hybridized carbons (Fsp3) is 0.158. The normalized spacial score (nSPS) is 12.0. The van der Waals surface area contributed by atoms with E-state index in [1.54, 1.807) is 6.20 Å². The smallest absolute Gasteiger partial charge is 0.232 e. The third kappa shape index (κ3) is 4.48. The summed E-state index contributed by atoms with van der Waals surface area (Å²) in [5, 5.41) is 1.33. The average Bonchev–Trinajstić information content (AvgIpc) is 2.61. The molecule has 1 aromatic heterocycles. The molecule has 1 atom stereocenters. The second-order valence-electron chi connectivity index (χ2n) is 5.71. The minimum absolute atomic E-state index is 0.0864. The third-order valence-corrected chi connectivity index (χ3v) is 3.98. The molecule has 128 valence electrons. The van der Waals surface area contributed by atoms with Crippen LogP contribution in [0.15, 0.2) is 54.7 Å². The molecule has 4 nitrogen and oxygen atoms in total. The lowest BCUT2D eigenvalue weighted by molar-refractivity contribution is 0.284. The van der Waals surface area contributed by atoms with Crippen LogP contribution >= 0.6 is 23.2 Å². The molecule has 0 bridgehead atoms. The van der Waals surface area contributed by atoms with Crippen molar-refractivity contribution in [3.8, 4) is 28.4 Å². The van der Waals surface area contributed by atoms with Gasteiger partial charge in [-0.2, -0.15) is 0 Å². The molecule has 0 aliphatic heterocycles. The Bertz CT molecular complexity index is 850. The van der Waals surface area contributed by atoms with Crippen LogP contribution in [0.4, 0.5) is 0 Å². The maximum atomic E-state index is 6.00. The van der Waals surface area contributed by atoms with Gasteiger partial charge in [0.15, 0.2) is 0 Å². The van der Waals surface area contributed by atoms with E-state index in [0.717, 1.165) is 16.8 Å². The first-order valence-corrected chi connectivity index (χ1v) is 8.56. The van der Waals surface area contributed by atoms with E-state index in [4.69, 9.17) is 33.7 Å². The number of ether oxygens (including phenoxy) is 1. The molecule has 2 N–H and O–H groups in total. The predicted octanol–water partition coefficient (Wildman–Crippen LogP) is 4.84. The van der Waals surface area contributed by atoms with E-state index >= 15 is 0 Å². The lowest BCUT2D eigenvalue weighted by Crippen LogP contribution is -2.24. The number of nitrogens with zero attached hydrogens (tertiary/aromatic N) is 2. The summed E-state index contributed by atoms with van der Waals surface area (Å²) in [6.07, 6.45) is 1.60. The SMILES string of the molecule is CC(N)COc1cnc(-c2ccc(Cl)cc2)c(-c2ccc(Cl)cc2)n1. The quantitative estimate of drug-likeness (QED) is 0.694. The van der Waals surface area contributed by atoms with Crippen molar-refractivity contribution in [2.45, 2.75) is 13.0 Å². The van der Waals surface area contributed by atoms with Gasteiger partial charge in [0, 0.05) is 27.2 Å². The topological polar surface area (TPSA) is 61.0 Å². The zero-order valence-electron chi connectivity index (χ0n) is 13.6. The number of rotatable bonds is 5. The molecule has 0 fully saturated rings. The minimum Gasteiger partial charge on any atom is -0.475 e. The standard InChI is InChI=1S/C19H17Cl2N3O/c1-12(22)11-25-17-10-23-18(13-2-6-15(20)7-3-13)19(24-17)14-4-8-16(21)9-5-14/h2-10,12H,11,22H2,1H3. The first-order chi connectivity index (χ1) is 12.0. The summed E-state index contributed by atoms with van der Waals surface area (Å²) in [4.78, 5) is 9.18. The van der Waals surface area contributed by atoms with Crippen LogP contribution in [0.3, 0.4) is 0 Å². The molecule has 0 radical (unpaired) electrons. The molecule has 0 saturated carbocycles. The van der Waals surface area contributed by atoms with Crippen LogP contribution in [0.1, 0.15) is 6.92 Å². The first-order valence-electron chi connectivity index (χ1n) is 7.80. The van der Waals surface area contributed by atoms with E-state index in [-0.39, 0.29) is 6.04 Å². The van der Waals surface area contributed by atoms with Crippen molar-refractivity contribution in [1.82, 2.24) is 9.97 Å². The second-order valence-corrected chi connectivity index (χ2v) is 6.58. The van der Waals surface area contributed by atoms with Gasteiger partial charge in [0.05, 0.1) is 11.9 Å². The second kappa shape index (κ2) is 7.83. The van der Waals surface area contributed by atoms with Crippen molar-refractivity contribution < 1.29 is 4.74 Å². The largest absolute Gasteiger partial charge is 0.475 e. The molecule has 0 aliphatic carbocycles. The molecular formula is C19H17Cl2N3O. The highest BCUT2D eigenvalue weighted by Crippen LogP contribution is 2.31. The van der Waals surface area contributed by atoms with Crippen LogP contribution in [-0.4, -0.2) is 22.6 Å². The van der Waals surface area contributed by atoms with Crippen molar-refractivity contribution in [2.24, 2.45) is 5.73 Å². The summed E-state index contributed by atoms with van der Waals surface area (Å²) >= 11 is 12.0. The van der Waals surface area contributed by atoms with E-state index in [9.17, 15) is 0 Å². The van der Waals surface area contributed by atoms with E-state index in [1.807, 2.05) is 55.5 Å².